The Hall–Kier alpha value is -2.70. The van der Waals surface area contributed by atoms with E-state index in [4.69, 9.17) is 14.2 Å². The Labute approximate surface area is 249 Å². The molecule has 0 aliphatic carbocycles. The summed E-state index contributed by atoms with van der Waals surface area (Å²) in [5.74, 6) is -0.726. The van der Waals surface area contributed by atoms with E-state index >= 15 is 0 Å². The monoisotopic (exact) mass is 568 g/mol. The normalized spacial score (nSPS) is 13.9. The number of ether oxygens (including phenoxy) is 3. The fourth-order valence-electron chi connectivity index (χ4n) is 4.82. The lowest BCUT2D eigenvalue weighted by atomic mass is 9.84. The van der Waals surface area contributed by atoms with Gasteiger partial charge in [0.05, 0.1) is 31.7 Å². The third kappa shape index (κ3) is 10.9. The van der Waals surface area contributed by atoms with Crippen LogP contribution in [0, 0.1) is 10.8 Å². The van der Waals surface area contributed by atoms with Crippen LogP contribution in [-0.4, -0.2) is 49.3 Å². The summed E-state index contributed by atoms with van der Waals surface area (Å²) in [6, 6.07) is 18.7. The van der Waals surface area contributed by atoms with E-state index in [0.29, 0.717) is 12.8 Å². The average Bonchev–Trinajstić information content (AvgIpc) is 2.94. The SMILES string of the molecule is CCCC(C)(C)OCC(C)(COC(=O)C(C)(CC)CC)C(=O)OCc1ccc(C[N+](C)(C)Cc2ccccc2)cc1. The van der Waals surface area contributed by atoms with E-state index in [2.05, 4.69) is 57.4 Å². The molecule has 0 saturated carbocycles. The van der Waals surface area contributed by atoms with Crippen molar-refractivity contribution >= 4 is 11.9 Å². The van der Waals surface area contributed by atoms with Crippen LogP contribution in [0.15, 0.2) is 54.6 Å². The Bertz CT molecular complexity index is 1090. The molecule has 2 rings (SSSR count). The Kier molecular flexibility index (Phi) is 12.6. The van der Waals surface area contributed by atoms with Crippen LogP contribution in [0.5, 0.6) is 0 Å². The van der Waals surface area contributed by atoms with Gasteiger partial charge in [0, 0.05) is 11.1 Å². The second-order valence-electron chi connectivity index (χ2n) is 13.3. The highest BCUT2D eigenvalue weighted by atomic mass is 16.6. The van der Waals surface area contributed by atoms with E-state index < -0.39 is 22.4 Å². The van der Waals surface area contributed by atoms with E-state index in [1.807, 2.05) is 52.8 Å². The lowest BCUT2D eigenvalue weighted by Crippen LogP contribution is -2.43. The summed E-state index contributed by atoms with van der Waals surface area (Å²) >= 11 is 0. The molecule has 0 bridgehead atoms. The highest BCUT2D eigenvalue weighted by Crippen LogP contribution is 2.30. The number of carbonyl (C=O) groups excluding carboxylic acids is 2. The van der Waals surface area contributed by atoms with Crippen molar-refractivity contribution in [2.45, 2.75) is 99.4 Å². The first kappa shape index (κ1) is 34.5. The van der Waals surface area contributed by atoms with Crippen molar-refractivity contribution in [2.75, 3.05) is 27.3 Å². The van der Waals surface area contributed by atoms with Crippen molar-refractivity contribution in [1.29, 1.82) is 0 Å². The fourth-order valence-corrected chi connectivity index (χ4v) is 4.82. The van der Waals surface area contributed by atoms with Gasteiger partial charge in [-0.1, -0.05) is 81.8 Å². The lowest BCUT2D eigenvalue weighted by molar-refractivity contribution is -0.916. The molecule has 0 radical (unpaired) electrons. The van der Waals surface area contributed by atoms with Crippen LogP contribution in [0.4, 0.5) is 0 Å². The molecule has 228 valence electrons. The summed E-state index contributed by atoms with van der Waals surface area (Å²) in [4.78, 5) is 26.3. The number of quaternary nitrogens is 1. The maximum absolute atomic E-state index is 13.4. The van der Waals surface area contributed by atoms with Gasteiger partial charge in [0.15, 0.2) is 0 Å². The smallest absolute Gasteiger partial charge is 0.317 e. The van der Waals surface area contributed by atoms with Gasteiger partial charge < -0.3 is 18.7 Å². The van der Waals surface area contributed by atoms with Gasteiger partial charge >= 0.3 is 11.9 Å². The zero-order valence-electron chi connectivity index (χ0n) is 27.0. The molecule has 2 aromatic rings. The minimum Gasteiger partial charge on any atom is -0.464 e. The maximum atomic E-state index is 13.4. The van der Waals surface area contributed by atoms with Gasteiger partial charge in [0.2, 0.25) is 0 Å². The van der Waals surface area contributed by atoms with E-state index in [9.17, 15) is 9.59 Å². The van der Waals surface area contributed by atoms with E-state index in [0.717, 1.165) is 36.0 Å². The summed E-state index contributed by atoms with van der Waals surface area (Å²) in [5, 5.41) is 0. The van der Waals surface area contributed by atoms with Gasteiger partial charge in [-0.05, 0) is 52.5 Å². The number of benzene rings is 2. The van der Waals surface area contributed by atoms with Gasteiger partial charge in [0.25, 0.3) is 0 Å². The van der Waals surface area contributed by atoms with Crippen molar-refractivity contribution in [3.8, 4) is 0 Å². The standard InChI is InChI=1S/C35H54NO5/c1-10-22-33(4,5)41-27-35(7,26-40-31(37)34(6,11-2)12-3)32(38)39-25-30-20-18-29(19-21-30)24-36(8,9)23-28-16-14-13-15-17-28/h13-21H,10-12,22-27H2,1-9H3/q+1. The molecule has 6 nitrogen and oxygen atoms in total. The van der Waals surface area contributed by atoms with Crippen molar-refractivity contribution in [2.24, 2.45) is 10.8 Å². The number of hydrogen-bond donors (Lipinski definition) is 0. The highest BCUT2D eigenvalue weighted by Gasteiger charge is 2.41. The summed E-state index contributed by atoms with van der Waals surface area (Å²) in [6.45, 7) is 15.7. The molecule has 1 atom stereocenters. The molecule has 0 N–H and O–H groups in total. The third-order valence-corrected chi connectivity index (χ3v) is 8.16. The minimum absolute atomic E-state index is 0.0875. The number of esters is 2. The topological polar surface area (TPSA) is 61.8 Å². The fraction of sp³-hybridized carbons (Fsp3) is 0.600. The molecule has 0 aliphatic heterocycles. The molecule has 0 amide bonds. The number of carbonyl (C=O) groups is 2. The Morgan fingerprint density at radius 3 is 1.73 bits per heavy atom. The molecular formula is C35H54NO5+. The van der Waals surface area contributed by atoms with Crippen LogP contribution in [0.3, 0.4) is 0 Å². The predicted octanol–water partition coefficient (Wildman–Crippen LogP) is 7.48. The van der Waals surface area contributed by atoms with E-state index in [1.54, 1.807) is 6.92 Å². The van der Waals surface area contributed by atoms with Crippen LogP contribution in [0.2, 0.25) is 0 Å². The number of rotatable bonds is 17. The van der Waals surface area contributed by atoms with Crippen LogP contribution in [0.1, 0.15) is 90.8 Å². The Morgan fingerprint density at radius 1 is 0.683 bits per heavy atom. The van der Waals surface area contributed by atoms with Crippen LogP contribution in [0.25, 0.3) is 0 Å². The first-order valence-corrected chi connectivity index (χ1v) is 15.1. The first-order chi connectivity index (χ1) is 19.2. The van der Waals surface area contributed by atoms with Gasteiger partial charge in [-0.2, -0.15) is 0 Å². The zero-order chi connectivity index (χ0) is 30.7. The third-order valence-electron chi connectivity index (χ3n) is 8.16. The van der Waals surface area contributed by atoms with Gasteiger partial charge in [0.1, 0.15) is 31.7 Å². The molecule has 0 aromatic heterocycles. The van der Waals surface area contributed by atoms with Gasteiger partial charge in [-0.25, -0.2) is 0 Å². The van der Waals surface area contributed by atoms with Crippen molar-refractivity contribution in [3.63, 3.8) is 0 Å². The minimum atomic E-state index is -1.12. The van der Waals surface area contributed by atoms with Crippen molar-refractivity contribution in [3.05, 3.63) is 71.3 Å². The molecule has 0 fully saturated rings. The molecule has 2 aromatic carbocycles. The molecule has 6 heteroatoms. The number of nitrogens with zero attached hydrogens (tertiary/aromatic N) is 1. The van der Waals surface area contributed by atoms with E-state index in [1.165, 1.54) is 11.1 Å². The summed E-state index contributed by atoms with van der Waals surface area (Å²) in [6.07, 6.45) is 3.16. The first-order valence-electron chi connectivity index (χ1n) is 15.1. The highest BCUT2D eigenvalue weighted by molar-refractivity contribution is 5.79. The molecule has 41 heavy (non-hydrogen) atoms. The lowest BCUT2D eigenvalue weighted by Gasteiger charge is -2.33. The molecule has 1 unspecified atom stereocenters. The molecular weight excluding hydrogens is 514 g/mol. The number of hydrogen-bond acceptors (Lipinski definition) is 5. The average molecular weight is 569 g/mol. The second-order valence-corrected chi connectivity index (χ2v) is 13.3. The largest absolute Gasteiger partial charge is 0.464 e. The van der Waals surface area contributed by atoms with Crippen LogP contribution >= 0.6 is 0 Å². The van der Waals surface area contributed by atoms with Gasteiger partial charge in [-0.3, -0.25) is 9.59 Å². The maximum Gasteiger partial charge on any atom is 0.317 e. The Balaban J connectivity index is 2.06. The van der Waals surface area contributed by atoms with Gasteiger partial charge in [-0.15, -0.1) is 0 Å². The summed E-state index contributed by atoms with van der Waals surface area (Å²) < 4.78 is 18.6. The van der Waals surface area contributed by atoms with Crippen molar-refractivity contribution in [1.82, 2.24) is 0 Å². The molecule has 0 spiro atoms. The molecule has 0 heterocycles. The molecule has 0 aliphatic rings. The van der Waals surface area contributed by atoms with Crippen LogP contribution in [-0.2, 0) is 43.5 Å². The quantitative estimate of drug-likeness (QED) is 0.146. The summed E-state index contributed by atoms with van der Waals surface area (Å²) in [7, 11) is 4.45. The van der Waals surface area contributed by atoms with Crippen LogP contribution < -0.4 is 0 Å². The Morgan fingerprint density at radius 2 is 1.20 bits per heavy atom. The zero-order valence-corrected chi connectivity index (χ0v) is 27.0. The summed E-state index contributed by atoms with van der Waals surface area (Å²) in [5.41, 5.74) is 1.34. The molecule has 0 saturated heterocycles. The van der Waals surface area contributed by atoms with E-state index in [-0.39, 0.29) is 25.8 Å². The second kappa shape index (κ2) is 15.0. The predicted molar refractivity (Wildman–Crippen MR) is 165 cm³/mol. The van der Waals surface area contributed by atoms with Crippen molar-refractivity contribution < 1.29 is 28.3 Å².